The highest BCUT2D eigenvalue weighted by molar-refractivity contribution is 5.92. The van der Waals surface area contributed by atoms with E-state index in [-0.39, 0.29) is 17.9 Å². The first-order chi connectivity index (χ1) is 8.15. The number of rotatable bonds is 2. The maximum atomic E-state index is 12.1. The van der Waals surface area contributed by atoms with Gasteiger partial charge in [0.2, 0.25) is 11.8 Å². The van der Waals surface area contributed by atoms with Crippen molar-refractivity contribution in [3.05, 3.63) is 11.8 Å². The van der Waals surface area contributed by atoms with Gasteiger partial charge in [-0.3, -0.25) is 10.1 Å². The molecule has 0 aliphatic heterocycles. The molecule has 1 heterocycles. The Morgan fingerprint density at radius 1 is 1.53 bits per heavy atom. The molecule has 2 bridgehead atoms. The second kappa shape index (κ2) is 3.84. The summed E-state index contributed by atoms with van der Waals surface area (Å²) in [6.45, 7) is 1.82. The molecule has 0 aromatic carbocycles. The molecular formula is C12H17N3O2. The van der Waals surface area contributed by atoms with E-state index in [1.165, 1.54) is 6.42 Å². The Morgan fingerprint density at radius 2 is 2.29 bits per heavy atom. The minimum absolute atomic E-state index is 0.0118. The predicted octanol–water partition coefficient (Wildman–Crippen LogP) is 1.29. The average molecular weight is 235 g/mol. The molecule has 4 unspecified atom stereocenters. The van der Waals surface area contributed by atoms with Crippen LogP contribution in [0.1, 0.15) is 25.0 Å². The Kier molecular flexibility index (Phi) is 2.43. The zero-order valence-corrected chi connectivity index (χ0v) is 9.85. The van der Waals surface area contributed by atoms with Gasteiger partial charge in [-0.15, -0.1) is 0 Å². The van der Waals surface area contributed by atoms with Gasteiger partial charge in [-0.1, -0.05) is 5.16 Å². The van der Waals surface area contributed by atoms with Crippen molar-refractivity contribution in [3.63, 3.8) is 0 Å². The fourth-order valence-electron chi connectivity index (χ4n) is 3.35. The van der Waals surface area contributed by atoms with Crippen LogP contribution in [0.4, 0.5) is 5.88 Å². The number of carbonyl (C=O) groups is 1. The third kappa shape index (κ3) is 1.74. The third-order valence-electron chi connectivity index (χ3n) is 4.16. The van der Waals surface area contributed by atoms with Crippen LogP contribution in [0.5, 0.6) is 0 Å². The van der Waals surface area contributed by atoms with Crippen molar-refractivity contribution in [1.82, 2.24) is 5.16 Å². The molecule has 0 spiro atoms. The molecule has 3 N–H and O–H groups in total. The van der Waals surface area contributed by atoms with Gasteiger partial charge < -0.3 is 10.3 Å². The van der Waals surface area contributed by atoms with E-state index >= 15 is 0 Å². The topological polar surface area (TPSA) is 81.2 Å². The molecular weight excluding hydrogens is 218 g/mol. The lowest BCUT2D eigenvalue weighted by molar-refractivity contribution is -0.121. The number of aromatic nitrogens is 1. The van der Waals surface area contributed by atoms with Gasteiger partial charge in [-0.2, -0.15) is 0 Å². The number of nitrogens with one attached hydrogen (secondary N) is 1. The fraction of sp³-hybridized carbons (Fsp3) is 0.667. The molecule has 1 aromatic heterocycles. The number of amides is 1. The minimum Gasteiger partial charge on any atom is -0.338 e. The number of anilines is 1. The van der Waals surface area contributed by atoms with Crippen LogP contribution in [0.25, 0.3) is 0 Å². The summed E-state index contributed by atoms with van der Waals surface area (Å²) in [7, 11) is 0. The van der Waals surface area contributed by atoms with Crippen LogP contribution in [-0.4, -0.2) is 17.1 Å². The zero-order valence-electron chi connectivity index (χ0n) is 9.85. The Labute approximate surface area is 99.7 Å². The van der Waals surface area contributed by atoms with Crippen molar-refractivity contribution in [1.29, 1.82) is 0 Å². The van der Waals surface area contributed by atoms with E-state index in [9.17, 15) is 4.79 Å². The van der Waals surface area contributed by atoms with E-state index in [0.717, 1.165) is 18.5 Å². The zero-order chi connectivity index (χ0) is 12.0. The molecule has 5 nitrogen and oxygen atoms in total. The highest BCUT2D eigenvalue weighted by Gasteiger charge is 2.49. The van der Waals surface area contributed by atoms with Gasteiger partial charge in [0, 0.05) is 12.1 Å². The van der Waals surface area contributed by atoms with E-state index in [1.54, 1.807) is 6.07 Å². The molecule has 1 amide bonds. The molecule has 1 aromatic rings. The van der Waals surface area contributed by atoms with E-state index in [4.69, 9.17) is 10.3 Å². The van der Waals surface area contributed by atoms with Crippen LogP contribution in [-0.2, 0) is 4.79 Å². The van der Waals surface area contributed by atoms with Gasteiger partial charge in [0.25, 0.3) is 0 Å². The molecule has 2 aliphatic carbocycles. The van der Waals surface area contributed by atoms with Gasteiger partial charge in [0.15, 0.2) is 0 Å². The first-order valence-electron chi connectivity index (χ1n) is 6.15. The van der Waals surface area contributed by atoms with Crippen molar-refractivity contribution >= 4 is 11.8 Å². The summed E-state index contributed by atoms with van der Waals surface area (Å²) < 4.78 is 4.99. The van der Waals surface area contributed by atoms with Gasteiger partial charge in [0.1, 0.15) is 0 Å². The molecule has 2 saturated carbocycles. The smallest absolute Gasteiger partial charge is 0.231 e. The maximum absolute atomic E-state index is 12.1. The van der Waals surface area contributed by atoms with Crippen LogP contribution >= 0.6 is 0 Å². The number of nitrogens with two attached hydrogens (primary N) is 1. The molecule has 17 heavy (non-hydrogen) atoms. The molecule has 2 aliphatic rings. The summed E-state index contributed by atoms with van der Waals surface area (Å²) in [6.07, 6.45) is 3.41. The van der Waals surface area contributed by atoms with Crippen LogP contribution in [0.2, 0.25) is 0 Å². The summed E-state index contributed by atoms with van der Waals surface area (Å²) in [4.78, 5) is 12.1. The number of carbonyl (C=O) groups excluding carboxylic acids is 1. The Morgan fingerprint density at radius 3 is 2.88 bits per heavy atom. The van der Waals surface area contributed by atoms with Crippen LogP contribution < -0.4 is 11.1 Å². The Balaban J connectivity index is 1.70. The van der Waals surface area contributed by atoms with Gasteiger partial charge >= 0.3 is 0 Å². The number of fused-ring (bicyclic) bond motifs is 2. The van der Waals surface area contributed by atoms with E-state index in [2.05, 4.69) is 10.5 Å². The van der Waals surface area contributed by atoms with Gasteiger partial charge in [-0.25, -0.2) is 0 Å². The highest BCUT2D eigenvalue weighted by atomic mass is 16.5. The van der Waals surface area contributed by atoms with E-state index < -0.39 is 0 Å². The number of aryl methyl sites for hydroxylation is 1. The number of hydrogen-bond donors (Lipinski definition) is 2. The fourth-order valence-corrected chi connectivity index (χ4v) is 3.35. The first kappa shape index (κ1) is 10.8. The second-order valence-corrected chi connectivity index (χ2v) is 5.26. The van der Waals surface area contributed by atoms with E-state index in [1.807, 2.05) is 6.92 Å². The van der Waals surface area contributed by atoms with Crippen molar-refractivity contribution in [2.75, 3.05) is 5.32 Å². The number of hydrogen-bond acceptors (Lipinski definition) is 4. The lowest BCUT2D eigenvalue weighted by atomic mass is 9.84. The Hall–Kier alpha value is -1.36. The minimum atomic E-state index is -0.0563. The molecule has 92 valence electrons. The van der Waals surface area contributed by atoms with Crippen molar-refractivity contribution in [2.45, 2.75) is 32.2 Å². The summed E-state index contributed by atoms with van der Waals surface area (Å²) >= 11 is 0. The van der Waals surface area contributed by atoms with Crippen LogP contribution in [0.3, 0.4) is 0 Å². The van der Waals surface area contributed by atoms with Gasteiger partial charge in [0.05, 0.1) is 11.6 Å². The van der Waals surface area contributed by atoms with Gasteiger partial charge in [-0.05, 0) is 38.0 Å². The van der Waals surface area contributed by atoms with Crippen molar-refractivity contribution in [3.8, 4) is 0 Å². The van der Waals surface area contributed by atoms with Crippen LogP contribution in [0.15, 0.2) is 10.6 Å². The third-order valence-corrected chi connectivity index (χ3v) is 4.16. The molecule has 3 rings (SSSR count). The summed E-state index contributed by atoms with van der Waals surface area (Å²) in [5.74, 6) is 1.34. The monoisotopic (exact) mass is 235 g/mol. The average Bonchev–Trinajstić information content (AvgIpc) is 2.94. The largest absolute Gasteiger partial charge is 0.338 e. The van der Waals surface area contributed by atoms with Crippen molar-refractivity contribution < 1.29 is 9.32 Å². The normalized spacial score (nSPS) is 35.2. The predicted molar refractivity (Wildman–Crippen MR) is 62.2 cm³/mol. The molecule has 5 heteroatoms. The highest BCUT2D eigenvalue weighted by Crippen LogP contribution is 2.47. The summed E-state index contributed by atoms with van der Waals surface area (Å²) in [5.41, 5.74) is 6.88. The first-order valence-corrected chi connectivity index (χ1v) is 6.15. The molecule has 0 saturated heterocycles. The lowest BCUT2D eigenvalue weighted by Gasteiger charge is -2.26. The molecule has 2 fully saturated rings. The quantitative estimate of drug-likeness (QED) is 0.809. The Bertz CT molecular complexity index is 441. The lowest BCUT2D eigenvalue weighted by Crippen LogP contribution is -2.42. The second-order valence-electron chi connectivity index (χ2n) is 5.26. The summed E-state index contributed by atoms with van der Waals surface area (Å²) in [6, 6.07) is 1.73. The number of nitrogens with zero attached hydrogens (tertiary/aromatic N) is 1. The molecule has 4 atom stereocenters. The van der Waals surface area contributed by atoms with E-state index in [0.29, 0.717) is 17.7 Å². The van der Waals surface area contributed by atoms with Crippen molar-refractivity contribution in [2.24, 2.45) is 23.5 Å². The maximum Gasteiger partial charge on any atom is 0.231 e. The van der Waals surface area contributed by atoms with Crippen LogP contribution in [0, 0.1) is 24.7 Å². The SMILES string of the molecule is Cc1cc(NC(=O)C2C3CCC(C3)C2N)on1. The summed E-state index contributed by atoms with van der Waals surface area (Å²) in [5, 5.41) is 6.51. The standard InChI is InChI=1S/C12H17N3O2/c1-6-4-9(17-15-6)14-12(16)10-7-2-3-8(5-7)11(10)13/h4,7-8,10-11H,2-3,5,13H2,1H3,(H,14,16). The molecule has 0 radical (unpaired) electrons.